The second-order valence-corrected chi connectivity index (χ2v) is 15.9. The average molecular weight is 759 g/mol. The predicted molar refractivity (Wildman–Crippen MR) is 247 cm³/mol. The monoisotopic (exact) mass is 758 g/mol. The van der Waals surface area contributed by atoms with Crippen LogP contribution in [0.2, 0.25) is 0 Å². The molecule has 0 aliphatic heterocycles. The Bertz CT molecular complexity index is 3500. The van der Waals surface area contributed by atoms with Crippen molar-refractivity contribution >= 4 is 92.3 Å². The summed E-state index contributed by atoms with van der Waals surface area (Å²) in [4.78, 5) is 2.42. The topological polar surface area (TPSA) is 21.3 Å². The molecule has 12 aromatic rings. The van der Waals surface area contributed by atoms with E-state index in [1.807, 2.05) is 11.3 Å². The highest BCUT2D eigenvalue weighted by molar-refractivity contribution is 7.26. The SMILES string of the molecule is c1ccc(-n2c3ccccc3c3c4c(-c5ccc(N(c6ccc(-c7cccc8ccccc78)cc6)c6cccc7c6sc6ccccc67)cc5)cccc4oc32)cc1. The molecule has 0 aliphatic rings. The highest BCUT2D eigenvalue weighted by Gasteiger charge is 2.23. The van der Waals surface area contributed by atoms with Crippen LogP contribution in [0.15, 0.2) is 211 Å². The van der Waals surface area contributed by atoms with E-state index in [4.69, 9.17) is 4.42 Å². The average Bonchev–Trinajstić information content (AvgIpc) is 3.96. The fourth-order valence-corrected chi connectivity index (χ4v) is 10.2. The van der Waals surface area contributed by atoms with Crippen molar-refractivity contribution in [1.29, 1.82) is 0 Å². The highest BCUT2D eigenvalue weighted by Crippen LogP contribution is 2.47. The van der Waals surface area contributed by atoms with Gasteiger partial charge in [-0.25, -0.2) is 0 Å². The van der Waals surface area contributed by atoms with Gasteiger partial charge < -0.3 is 9.32 Å². The number of para-hydroxylation sites is 2. The van der Waals surface area contributed by atoms with Gasteiger partial charge in [-0.05, 0) is 93.7 Å². The molecule has 0 N–H and O–H groups in total. The van der Waals surface area contributed by atoms with Gasteiger partial charge in [0.1, 0.15) is 5.58 Å². The Morgan fingerprint density at radius 1 is 0.431 bits per heavy atom. The molecule has 0 aliphatic carbocycles. The Balaban J connectivity index is 1.02. The number of thiophene rings is 1. The lowest BCUT2D eigenvalue weighted by atomic mass is 9.97. The quantitative estimate of drug-likeness (QED) is 0.168. The van der Waals surface area contributed by atoms with Gasteiger partial charge in [-0.2, -0.15) is 0 Å². The Morgan fingerprint density at radius 3 is 1.84 bits per heavy atom. The Hall–Kier alpha value is -7.40. The summed E-state index contributed by atoms with van der Waals surface area (Å²) in [5.74, 6) is 0. The minimum atomic E-state index is 0.862. The molecular weight excluding hydrogens is 725 g/mol. The van der Waals surface area contributed by atoms with Crippen molar-refractivity contribution in [3.05, 3.63) is 206 Å². The minimum Gasteiger partial charge on any atom is -0.439 e. The van der Waals surface area contributed by atoms with Crippen molar-refractivity contribution in [1.82, 2.24) is 4.57 Å². The lowest BCUT2D eigenvalue weighted by Crippen LogP contribution is -2.10. The van der Waals surface area contributed by atoms with E-state index in [0.717, 1.165) is 61.5 Å². The summed E-state index contributed by atoms with van der Waals surface area (Å²) < 4.78 is 11.6. The number of hydrogen-bond acceptors (Lipinski definition) is 3. The van der Waals surface area contributed by atoms with Gasteiger partial charge in [-0.1, -0.05) is 146 Å². The molecule has 0 amide bonds. The largest absolute Gasteiger partial charge is 0.439 e. The summed E-state index contributed by atoms with van der Waals surface area (Å²) in [6.45, 7) is 0. The standard InChI is InChI=1S/C54H34N2OS/c1-2-15-38(16-3-1)56-47-23-8-6-19-46(47)52-51-43(21-12-25-49(51)57-54(52)56)37-29-33-40(34-30-37)55(48-24-11-22-45-44-18-7-9-26-50(44)58-53(45)48)39-31-27-36(28-32-39)42-20-10-14-35-13-4-5-17-41(35)42/h1-34H. The molecule has 3 heterocycles. The van der Waals surface area contributed by atoms with Gasteiger partial charge >= 0.3 is 0 Å². The Labute approximate surface area is 338 Å². The highest BCUT2D eigenvalue weighted by atomic mass is 32.1. The lowest BCUT2D eigenvalue weighted by Gasteiger charge is -2.26. The number of aromatic nitrogens is 1. The molecule has 0 fully saturated rings. The van der Waals surface area contributed by atoms with Crippen LogP contribution >= 0.6 is 11.3 Å². The van der Waals surface area contributed by atoms with Crippen LogP contribution in [-0.4, -0.2) is 4.57 Å². The first-order valence-electron chi connectivity index (χ1n) is 19.7. The maximum Gasteiger partial charge on any atom is 0.213 e. The van der Waals surface area contributed by atoms with E-state index in [1.165, 1.54) is 47.5 Å². The van der Waals surface area contributed by atoms with Crippen LogP contribution in [0.5, 0.6) is 0 Å². The number of rotatable bonds is 6. The van der Waals surface area contributed by atoms with Crippen molar-refractivity contribution in [3.8, 4) is 27.9 Å². The molecule has 3 nitrogen and oxygen atoms in total. The summed E-state index contributed by atoms with van der Waals surface area (Å²) in [6.07, 6.45) is 0. The van der Waals surface area contributed by atoms with Gasteiger partial charge in [0.25, 0.3) is 0 Å². The van der Waals surface area contributed by atoms with Crippen molar-refractivity contribution in [2.75, 3.05) is 4.90 Å². The molecule has 0 atom stereocenters. The maximum atomic E-state index is 6.75. The first-order valence-corrected chi connectivity index (χ1v) is 20.5. The van der Waals surface area contributed by atoms with Gasteiger partial charge in [0.05, 0.1) is 21.3 Å². The lowest BCUT2D eigenvalue weighted by molar-refractivity contribution is 0.645. The number of benzene rings is 9. The van der Waals surface area contributed by atoms with E-state index in [0.29, 0.717) is 0 Å². The minimum absolute atomic E-state index is 0.862. The number of hydrogen-bond donors (Lipinski definition) is 0. The summed E-state index contributed by atoms with van der Waals surface area (Å²) >= 11 is 1.86. The Morgan fingerprint density at radius 2 is 1.03 bits per heavy atom. The van der Waals surface area contributed by atoms with Crippen LogP contribution in [0.25, 0.3) is 91.9 Å². The van der Waals surface area contributed by atoms with E-state index in [9.17, 15) is 0 Å². The summed E-state index contributed by atoms with van der Waals surface area (Å²) in [6, 6.07) is 74.3. The summed E-state index contributed by atoms with van der Waals surface area (Å²) in [5.41, 5.74) is 12.0. The smallest absolute Gasteiger partial charge is 0.213 e. The number of fused-ring (bicyclic) bond motifs is 9. The molecule has 3 aromatic heterocycles. The van der Waals surface area contributed by atoms with Crippen LogP contribution < -0.4 is 4.90 Å². The third kappa shape index (κ3) is 5.05. The van der Waals surface area contributed by atoms with E-state index in [1.54, 1.807) is 0 Å². The molecule has 0 radical (unpaired) electrons. The zero-order valence-electron chi connectivity index (χ0n) is 31.3. The fourth-order valence-electron chi connectivity index (χ4n) is 9.00. The number of nitrogens with zero attached hydrogens (tertiary/aromatic N) is 2. The first-order chi connectivity index (χ1) is 28.8. The third-order valence-corrected chi connectivity index (χ3v) is 12.8. The van der Waals surface area contributed by atoms with Gasteiger partial charge in [0.2, 0.25) is 5.71 Å². The van der Waals surface area contributed by atoms with E-state index in [-0.39, 0.29) is 0 Å². The van der Waals surface area contributed by atoms with Gasteiger partial charge in [0, 0.05) is 43.3 Å². The molecule has 0 unspecified atom stereocenters. The number of furan rings is 1. The van der Waals surface area contributed by atoms with Crippen LogP contribution in [0.1, 0.15) is 0 Å². The Kier molecular flexibility index (Phi) is 7.40. The normalized spacial score (nSPS) is 11.8. The molecule has 0 saturated heterocycles. The van der Waals surface area contributed by atoms with Crippen LogP contribution in [0.4, 0.5) is 17.1 Å². The van der Waals surface area contributed by atoms with Gasteiger partial charge in [0.15, 0.2) is 0 Å². The molecule has 58 heavy (non-hydrogen) atoms. The molecule has 0 spiro atoms. The van der Waals surface area contributed by atoms with E-state index >= 15 is 0 Å². The fraction of sp³-hybridized carbons (Fsp3) is 0. The second kappa shape index (κ2) is 13.1. The van der Waals surface area contributed by atoms with E-state index < -0.39 is 0 Å². The van der Waals surface area contributed by atoms with Crippen molar-refractivity contribution in [3.63, 3.8) is 0 Å². The molecule has 0 bridgehead atoms. The first kappa shape index (κ1) is 32.8. The maximum absolute atomic E-state index is 6.75. The van der Waals surface area contributed by atoms with E-state index in [2.05, 4.69) is 216 Å². The predicted octanol–water partition coefficient (Wildman–Crippen LogP) is 15.9. The van der Waals surface area contributed by atoms with Crippen LogP contribution in [0.3, 0.4) is 0 Å². The van der Waals surface area contributed by atoms with Crippen LogP contribution in [-0.2, 0) is 0 Å². The second-order valence-electron chi connectivity index (χ2n) is 14.9. The zero-order valence-corrected chi connectivity index (χ0v) is 32.2. The third-order valence-electron chi connectivity index (χ3n) is 11.6. The van der Waals surface area contributed by atoms with Crippen molar-refractivity contribution < 1.29 is 4.42 Å². The summed E-state index contributed by atoms with van der Waals surface area (Å²) in [5, 5.41) is 8.52. The molecule has 272 valence electrons. The summed E-state index contributed by atoms with van der Waals surface area (Å²) in [7, 11) is 0. The van der Waals surface area contributed by atoms with Gasteiger partial charge in [-0.15, -0.1) is 11.3 Å². The van der Waals surface area contributed by atoms with Crippen molar-refractivity contribution in [2.45, 2.75) is 0 Å². The molecule has 4 heteroatoms. The van der Waals surface area contributed by atoms with Crippen molar-refractivity contribution in [2.24, 2.45) is 0 Å². The molecular formula is C54H34N2OS. The van der Waals surface area contributed by atoms with Gasteiger partial charge in [-0.3, -0.25) is 4.57 Å². The molecule has 9 aromatic carbocycles. The molecule has 0 saturated carbocycles. The molecule has 12 rings (SSSR count). The number of anilines is 3. The van der Waals surface area contributed by atoms with Crippen LogP contribution in [0, 0.1) is 0 Å². The zero-order chi connectivity index (χ0) is 38.2.